The van der Waals surface area contributed by atoms with Gasteiger partial charge in [-0.3, -0.25) is 0 Å². The Labute approximate surface area is 183 Å². The van der Waals surface area contributed by atoms with Crippen molar-refractivity contribution in [2.24, 2.45) is 0 Å². The Morgan fingerprint density at radius 1 is 1.00 bits per heavy atom. The van der Waals surface area contributed by atoms with Crippen LogP contribution in [0.4, 0.5) is 4.79 Å². The normalized spacial score (nSPS) is 18.1. The van der Waals surface area contributed by atoms with Crippen LogP contribution < -0.4 is 5.32 Å². The van der Waals surface area contributed by atoms with Crippen LogP contribution in [0.5, 0.6) is 0 Å². The first kappa shape index (κ1) is 19.8. The first-order valence-corrected chi connectivity index (χ1v) is 11.4. The number of amides is 2. The Kier molecular flexibility index (Phi) is 5.69. The van der Waals surface area contributed by atoms with Crippen LogP contribution in [0.3, 0.4) is 0 Å². The summed E-state index contributed by atoms with van der Waals surface area (Å²) in [5.41, 5.74) is 3.79. The SMILES string of the molecule is O=C(NCCc1nnc2n1CCCCC2)N1Cc2ccccc2C(c2ccccc2)C1. The van der Waals surface area contributed by atoms with Gasteiger partial charge in [-0.2, -0.15) is 0 Å². The van der Waals surface area contributed by atoms with Gasteiger partial charge in [0.2, 0.25) is 0 Å². The molecule has 5 rings (SSSR count). The van der Waals surface area contributed by atoms with Crippen molar-refractivity contribution in [1.82, 2.24) is 25.0 Å². The predicted octanol–water partition coefficient (Wildman–Crippen LogP) is 3.90. The highest BCUT2D eigenvalue weighted by Crippen LogP contribution is 2.33. The highest BCUT2D eigenvalue weighted by atomic mass is 16.2. The quantitative estimate of drug-likeness (QED) is 0.703. The van der Waals surface area contributed by atoms with Crippen LogP contribution >= 0.6 is 0 Å². The van der Waals surface area contributed by atoms with E-state index in [-0.39, 0.29) is 11.9 Å². The fourth-order valence-corrected chi connectivity index (χ4v) is 4.86. The molecule has 0 aliphatic carbocycles. The van der Waals surface area contributed by atoms with E-state index in [2.05, 4.69) is 68.6 Å². The lowest BCUT2D eigenvalue weighted by atomic mass is 9.85. The highest BCUT2D eigenvalue weighted by Gasteiger charge is 2.29. The van der Waals surface area contributed by atoms with Gasteiger partial charge >= 0.3 is 6.03 Å². The van der Waals surface area contributed by atoms with E-state index in [4.69, 9.17) is 0 Å². The molecule has 6 heteroatoms. The molecule has 0 saturated heterocycles. The average molecular weight is 416 g/mol. The number of aryl methyl sites for hydroxylation is 1. The summed E-state index contributed by atoms with van der Waals surface area (Å²) >= 11 is 0. The number of benzene rings is 2. The molecule has 0 bridgehead atoms. The molecule has 2 aliphatic rings. The minimum atomic E-state index is -0.00830. The summed E-state index contributed by atoms with van der Waals surface area (Å²) in [6.45, 7) is 2.90. The number of nitrogens with zero attached hydrogens (tertiary/aromatic N) is 4. The van der Waals surface area contributed by atoms with Gasteiger partial charge in [-0.05, 0) is 29.5 Å². The molecular formula is C25H29N5O. The molecule has 0 saturated carbocycles. The van der Waals surface area contributed by atoms with E-state index in [0.717, 1.165) is 24.6 Å². The minimum absolute atomic E-state index is 0.00830. The van der Waals surface area contributed by atoms with Gasteiger partial charge in [-0.15, -0.1) is 10.2 Å². The van der Waals surface area contributed by atoms with Crippen LogP contribution in [0, 0.1) is 0 Å². The Balaban J connectivity index is 1.25. The Hall–Kier alpha value is -3.15. The second kappa shape index (κ2) is 8.92. The van der Waals surface area contributed by atoms with Crippen molar-refractivity contribution in [3.05, 3.63) is 82.9 Å². The van der Waals surface area contributed by atoms with E-state index in [1.807, 2.05) is 11.0 Å². The zero-order chi connectivity index (χ0) is 21.0. The third-order valence-electron chi connectivity index (χ3n) is 6.49. The van der Waals surface area contributed by atoms with E-state index < -0.39 is 0 Å². The maximum absolute atomic E-state index is 13.0. The van der Waals surface area contributed by atoms with E-state index in [1.165, 1.54) is 36.0 Å². The van der Waals surface area contributed by atoms with Gasteiger partial charge in [0, 0.05) is 44.9 Å². The summed E-state index contributed by atoms with van der Waals surface area (Å²) in [4.78, 5) is 15.0. The van der Waals surface area contributed by atoms with Crippen molar-refractivity contribution < 1.29 is 4.79 Å². The topological polar surface area (TPSA) is 63.1 Å². The summed E-state index contributed by atoms with van der Waals surface area (Å²) in [6.07, 6.45) is 5.34. The van der Waals surface area contributed by atoms with E-state index in [0.29, 0.717) is 26.1 Å². The second-order valence-corrected chi connectivity index (χ2v) is 8.52. The Bertz CT molecular complexity index is 1050. The molecule has 1 unspecified atom stereocenters. The largest absolute Gasteiger partial charge is 0.338 e. The summed E-state index contributed by atoms with van der Waals surface area (Å²) in [5.74, 6) is 2.28. The smallest absolute Gasteiger partial charge is 0.317 e. The highest BCUT2D eigenvalue weighted by molar-refractivity contribution is 5.75. The maximum atomic E-state index is 13.0. The van der Waals surface area contributed by atoms with Crippen molar-refractivity contribution in [3.63, 3.8) is 0 Å². The molecular weight excluding hydrogens is 386 g/mol. The standard InChI is InChI=1S/C25H29N5O/c31-25(26-15-14-24-28-27-23-13-5-2-8-16-30(23)24)29-17-20-11-6-7-12-21(20)22(18-29)19-9-3-1-4-10-19/h1,3-4,6-7,9-12,22H,2,5,8,13-18H2,(H,26,31). The summed E-state index contributed by atoms with van der Waals surface area (Å²) in [6, 6.07) is 18.9. The number of aromatic nitrogens is 3. The molecule has 160 valence electrons. The first-order valence-electron chi connectivity index (χ1n) is 11.4. The fourth-order valence-electron chi connectivity index (χ4n) is 4.86. The summed E-state index contributed by atoms with van der Waals surface area (Å²) in [5, 5.41) is 11.9. The molecule has 2 aliphatic heterocycles. The van der Waals surface area contributed by atoms with E-state index in [9.17, 15) is 4.79 Å². The van der Waals surface area contributed by atoms with Crippen LogP contribution in [0.1, 0.15) is 53.5 Å². The number of fused-ring (bicyclic) bond motifs is 2. The average Bonchev–Trinajstić information content (AvgIpc) is 3.04. The van der Waals surface area contributed by atoms with Gasteiger partial charge in [0.1, 0.15) is 11.6 Å². The molecule has 1 N–H and O–H groups in total. The number of nitrogens with one attached hydrogen (secondary N) is 1. The van der Waals surface area contributed by atoms with Gasteiger partial charge < -0.3 is 14.8 Å². The zero-order valence-electron chi connectivity index (χ0n) is 17.8. The van der Waals surface area contributed by atoms with Crippen LogP contribution in [-0.4, -0.2) is 38.8 Å². The number of rotatable bonds is 4. The molecule has 3 aromatic rings. The number of carbonyl (C=O) groups is 1. The molecule has 3 heterocycles. The Morgan fingerprint density at radius 2 is 1.84 bits per heavy atom. The number of hydrogen-bond donors (Lipinski definition) is 1. The Morgan fingerprint density at radius 3 is 2.74 bits per heavy atom. The minimum Gasteiger partial charge on any atom is -0.338 e. The van der Waals surface area contributed by atoms with Gasteiger partial charge in [0.05, 0.1) is 0 Å². The molecule has 1 aromatic heterocycles. The summed E-state index contributed by atoms with van der Waals surface area (Å²) in [7, 11) is 0. The number of hydrogen-bond acceptors (Lipinski definition) is 3. The van der Waals surface area contributed by atoms with Gasteiger partial charge in [-0.1, -0.05) is 61.0 Å². The molecule has 6 nitrogen and oxygen atoms in total. The van der Waals surface area contributed by atoms with Gasteiger partial charge in [-0.25, -0.2) is 4.79 Å². The molecule has 0 spiro atoms. The number of urea groups is 1. The zero-order valence-corrected chi connectivity index (χ0v) is 17.8. The number of carbonyl (C=O) groups excluding carboxylic acids is 1. The molecule has 0 radical (unpaired) electrons. The third kappa shape index (κ3) is 4.20. The molecule has 0 fully saturated rings. The predicted molar refractivity (Wildman–Crippen MR) is 120 cm³/mol. The monoisotopic (exact) mass is 415 g/mol. The summed E-state index contributed by atoms with van der Waals surface area (Å²) < 4.78 is 2.25. The lowest BCUT2D eigenvalue weighted by molar-refractivity contribution is 0.189. The first-order chi connectivity index (χ1) is 15.3. The van der Waals surface area contributed by atoms with E-state index in [1.54, 1.807) is 0 Å². The van der Waals surface area contributed by atoms with Gasteiger partial charge in [0.25, 0.3) is 0 Å². The second-order valence-electron chi connectivity index (χ2n) is 8.52. The van der Waals surface area contributed by atoms with Crippen molar-refractivity contribution in [2.45, 2.75) is 51.1 Å². The maximum Gasteiger partial charge on any atom is 0.317 e. The van der Waals surface area contributed by atoms with Crippen molar-refractivity contribution in [3.8, 4) is 0 Å². The van der Waals surface area contributed by atoms with Crippen LogP contribution in [0.25, 0.3) is 0 Å². The van der Waals surface area contributed by atoms with Crippen molar-refractivity contribution in [2.75, 3.05) is 13.1 Å². The molecule has 2 aromatic carbocycles. The lowest BCUT2D eigenvalue weighted by Crippen LogP contribution is -2.45. The molecule has 1 atom stereocenters. The van der Waals surface area contributed by atoms with Crippen molar-refractivity contribution >= 4 is 6.03 Å². The lowest BCUT2D eigenvalue weighted by Gasteiger charge is -2.35. The third-order valence-corrected chi connectivity index (χ3v) is 6.49. The van der Waals surface area contributed by atoms with Crippen LogP contribution in [0.2, 0.25) is 0 Å². The molecule has 2 amide bonds. The fraction of sp³-hybridized carbons (Fsp3) is 0.400. The van der Waals surface area contributed by atoms with Crippen LogP contribution in [0.15, 0.2) is 54.6 Å². The molecule has 31 heavy (non-hydrogen) atoms. The van der Waals surface area contributed by atoms with Crippen LogP contribution in [-0.2, 0) is 25.9 Å². The van der Waals surface area contributed by atoms with E-state index >= 15 is 0 Å². The van der Waals surface area contributed by atoms with Gasteiger partial charge in [0.15, 0.2) is 0 Å². The van der Waals surface area contributed by atoms with Crippen molar-refractivity contribution in [1.29, 1.82) is 0 Å².